The Morgan fingerprint density at radius 2 is 1.25 bits per heavy atom. The molecule has 0 spiro atoms. The lowest BCUT2D eigenvalue weighted by atomic mass is 9.47. The zero-order valence-electron chi connectivity index (χ0n) is 23.6. The fourth-order valence-electron chi connectivity index (χ4n) is 7.95. The molecule has 2 unspecified atom stereocenters. The van der Waals surface area contributed by atoms with Gasteiger partial charge >= 0.3 is 0 Å². The van der Waals surface area contributed by atoms with Crippen molar-refractivity contribution in [3.63, 3.8) is 0 Å². The number of ether oxygens (including phenoxy) is 4. The number of epoxide rings is 2. The van der Waals surface area contributed by atoms with Gasteiger partial charge in [-0.1, -0.05) is 41.5 Å². The Hall–Kier alpha value is -1.26. The molecular formula is C32H48O4. The Morgan fingerprint density at radius 3 is 1.69 bits per heavy atom. The van der Waals surface area contributed by atoms with E-state index in [1.807, 2.05) is 0 Å². The second-order valence-corrected chi connectivity index (χ2v) is 14.2. The first-order chi connectivity index (χ1) is 17.1. The van der Waals surface area contributed by atoms with Crippen LogP contribution >= 0.6 is 0 Å². The van der Waals surface area contributed by atoms with Crippen molar-refractivity contribution in [3.05, 3.63) is 22.8 Å². The summed E-state index contributed by atoms with van der Waals surface area (Å²) >= 11 is 0. The van der Waals surface area contributed by atoms with Crippen LogP contribution in [0.5, 0.6) is 11.5 Å². The lowest BCUT2D eigenvalue weighted by Crippen LogP contribution is -2.49. The Balaban J connectivity index is 1.57. The SMILES string of the molecule is CCC(C)(C)c1cc(C23CC4CC(CC(C4)C2)C3)c(OCC2CO2)c(C(C)(C)CC)c1OCC1CO1. The highest BCUT2D eigenvalue weighted by atomic mass is 16.6. The second-order valence-electron chi connectivity index (χ2n) is 14.2. The van der Waals surface area contributed by atoms with Crippen LogP contribution in [0.3, 0.4) is 0 Å². The molecule has 200 valence electrons. The van der Waals surface area contributed by atoms with Crippen molar-refractivity contribution in [2.24, 2.45) is 17.8 Å². The maximum Gasteiger partial charge on any atom is 0.130 e. The van der Waals surface area contributed by atoms with E-state index < -0.39 is 0 Å². The molecule has 7 rings (SSSR count). The highest BCUT2D eigenvalue weighted by Gasteiger charge is 2.54. The Kier molecular flexibility index (Phi) is 6.19. The molecule has 36 heavy (non-hydrogen) atoms. The average molecular weight is 497 g/mol. The van der Waals surface area contributed by atoms with Crippen LogP contribution in [0, 0.1) is 17.8 Å². The normalized spacial score (nSPS) is 34.7. The van der Waals surface area contributed by atoms with Gasteiger partial charge in [-0.3, -0.25) is 0 Å². The van der Waals surface area contributed by atoms with E-state index in [0.29, 0.717) is 13.2 Å². The molecule has 2 saturated heterocycles. The van der Waals surface area contributed by atoms with Crippen molar-refractivity contribution in [1.82, 2.24) is 0 Å². The lowest BCUT2D eigenvalue weighted by molar-refractivity contribution is -0.00668. The van der Waals surface area contributed by atoms with Gasteiger partial charge in [0.1, 0.15) is 36.9 Å². The van der Waals surface area contributed by atoms with Crippen LogP contribution in [0.2, 0.25) is 0 Å². The summed E-state index contributed by atoms with van der Waals surface area (Å²) in [5.74, 6) is 4.89. The van der Waals surface area contributed by atoms with Gasteiger partial charge in [-0.25, -0.2) is 0 Å². The first-order valence-electron chi connectivity index (χ1n) is 14.9. The molecule has 0 radical (unpaired) electrons. The van der Waals surface area contributed by atoms with Gasteiger partial charge in [0.2, 0.25) is 0 Å². The van der Waals surface area contributed by atoms with Crippen LogP contribution in [0.4, 0.5) is 0 Å². The molecule has 2 atom stereocenters. The van der Waals surface area contributed by atoms with Gasteiger partial charge in [-0.05, 0) is 91.4 Å². The molecule has 4 heteroatoms. The summed E-state index contributed by atoms with van der Waals surface area (Å²) in [5.41, 5.74) is 4.40. The maximum absolute atomic E-state index is 6.90. The van der Waals surface area contributed by atoms with Crippen molar-refractivity contribution in [1.29, 1.82) is 0 Å². The van der Waals surface area contributed by atoms with E-state index >= 15 is 0 Å². The molecule has 0 N–H and O–H groups in total. The monoisotopic (exact) mass is 496 g/mol. The topological polar surface area (TPSA) is 43.5 Å². The minimum Gasteiger partial charge on any atom is -0.490 e. The zero-order valence-corrected chi connectivity index (χ0v) is 23.6. The predicted octanol–water partition coefficient (Wildman–Crippen LogP) is 7.08. The maximum atomic E-state index is 6.90. The van der Waals surface area contributed by atoms with Crippen molar-refractivity contribution >= 4 is 0 Å². The smallest absolute Gasteiger partial charge is 0.130 e. The molecule has 4 bridgehead atoms. The Morgan fingerprint density at radius 1 is 0.778 bits per heavy atom. The molecular weight excluding hydrogens is 448 g/mol. The van der Waals surface area contributed by atoms with Gasteiger partial charge in [0.05, 0.1) is 13.2 Å². The molecule has 4 aliphatic carbocycles. The van der Waals surface area contributed by atoms with Crippen molar-refractivity contribution in [2.45, 2.75) is 121 Å². The molecule has 1 aromatic rings. The van der Waals surface area contributed by atoms with Gasteiger partial charge in [-0.2, -0.15) is 0 Å². The fourth-order valence-corrected chi connectivity index (χ4v) is 7.95. The van der Waals surface area contributed by atoms with Crippen molar-refractivity contribution < 1.29 is 18.9 Å². The molecule has 1 aromatic carbocycles. The number of rotatable bonds is 11. The molecule has 0 amide bonds. The highest BCUT2D eigenvalue weighted by molar-refractivity contribution is 5.62. The summed E-state index contributed by atoms with van der Waals surface area (Å²) in [5, 5.41) is 0. The quantitative estimate of drug-likeness (QED) is 0.307. The summed E-state index contributed by atoms with van der Waals surface area (Å²) in [6.07, 6.45) is 10.9. The van der Waals surface area contributed by atoms with E-state index in [-0.39, 0.29) is 28.5 Å². The van der Waals surface area contributed by atoms with E-state index in [9.17, 15) is 0 Å². The van der Waals surface area contributed by atoms with Gasteiger partial charge in [-0.15, -0.1) is 0 Å². The zero-order chi connectivity index (χ0) is 25.3. The molecule has 2 heterocycles. The molecule has 6 aliphatic rings. The molecule has 2 aliphatic heterocycles. The van der Waals surface area contributed by atoms with Crippen LogP contribution in [-0.2, 0) is 25.7 Å². The Bertz CT molecular complexity index is 949. The van der Waals surface area contributed by atoms with Gasteiger partial charge in [0, 0.05) is 16.7 Å². The van der Waals surface area contributed by atoms with E-state index in [4.69, 9.17) is 18.9 Å². The van der Waals surface area contributed by atoms with E-state index in [1.54, 1.807) is 0 Å². The second kappa shape index (κ2) is 8.90. The van der Waals surface area contributed by atoms with Gasteiger partial charge in [0.15, 0.2) is 0 Å². The highest BCUT2D eigenvalue weighted by Crippen LogP contribution is 2.64. The lowest BCUT2D eigenvalue weighted by Gasteiger charge is -2.57. The molecule has 6 fully saturated rings. The number of hydrogen-bond acceptors (Lipinski definition) is 4. The van der Waals surface area contributed by atoms with Crippen molar-refractivity contribution in [3.8, 4) is 11.5 Å². The summed E-state index contributed by atoms with van der Waals surface area (Å²) in [6, 6.07) is 2.57. The van der Waals surface area contributed by atoms with E-state index in [1.165, 1.54) is 55.2 Å². The minimum absolute atomic E-state index is 0.0213. The largest absolute Gasteiger partial charge is 0.490 e. The van der Waals surface area contributed by atoms with E-state index in [2.05, 4.69) is 47.6 Å². The van der Waals surface area contributed by atoms with Gasteiger partial charge < -0.3 is 18.9 Å². The predicted molar refractivity (Wildman–Crippen MR) is 143 cm³/mol. The summed E-state index contributed by atoms with van der Waals surface area (Å²) in [6.45, 7) is 17.1. The first-order valence-corrected chi connectivity index (χ1v) is 14.9. The number of benzene rings is 1. The minimum atomic E-state index is -0.0592. The van der Waals surface area contributed by atoms with Crippen LogP contribution < -0.4 is 9.47 Å². The van der Waals surface area contributed by atoms with Crippen LogP contribution in [-0.4, -0.2) is 38.6 Å². The third-order valence-electron chi connectivity index (χ3n) is 10.6. The van der Waals surface area contributed by atoms with Crippen molar-refractivity contribution in [2.75, 3.05) is 26.4 Å². The molecule has 0 aromatic heterocycles. The van der Waals surface area contributed by atoms with Gasteiger partial charge in [0.25, 0.3) is 0 Å². The third-order valence-corrected chi connectivity index (χ3v) is 10.6. The van der Waals surface area contributed by atoms with E-state index in [0.717, 1.165) is 55.3 Å². The fraction of sp³-hybridized carbons (Fsp3) is 0.812. The summed E-state index contributed by atoms with van der Waals surface area (Å²) in [4.78, 5) is 0. The third kappa shape index (κ3) is 4.49. The standard InChI is InChI=1S/C32H48O4/c1-7-30(3,4)25-12-26(32-13-20-9-21(14-32)11-22(10-20)15-32)29(36-19-24-17-34-24)27(31(5,6)8-2)28(25)35-18-23-16-33-23/h12,20-24H,7-11,13-19H2,1-6H3. The first kappa shape index (κ1) is 25.0. The summed E-state index contributed by atoms with van der Waals surface area (Å²) in [7, 11) is 0. The molecule has 4 saturated carbocycles. The Labute approximate surface area is 218 Å². The van der Waals surface area contributed by atoms with Crippen LogP contribution in [0.1, 0.15) is 110 Å². The van der Waals surface area contributed by atoms with Crippen LogP contribution in [0.25, 0.3) is 0 Å². The average Bonchev–Trinajstić information content (AvgIpc) is 3.75. The molecule has 4 nitrogen and oxygen atoms in total. The summed E-state index contributed by atoms with van der Waals surface area (Å²) < 4.78 is 24.8. The van der Waals surface area contributed by atoms with Crippen LogP contribution in [0.15, 0.2) is 6.07 Å². The number of hydrogen-bond donors (Lipinski definition) is 0.